The summed E-state index contributed by atoms with van der Waals surface area (Å²) in [7, 11) is 0. The molecule has 1 atom stereocenters. The van der Waals surface area contributed by atoms with E-state index in [2.05, 4.69) is 49.2 Å². The zero-order valence-electron chi connectivity index (χ0n) is 14.9. The van der Waals surface area contributed by atoms with E-state index in [-0.39, 0.29) is 11.9 Å². The number of fused-ring (bicyclic) bond motifs is 1. The normalized spacial score (nSPS) is 14.6. The minimum Gasteiger partial charge on any atom is -0.358 e. The van der Waals surface area contributed by atoms with Crippen molar-refractivity contribution in [3.8, 4) is 0 Å². The highest BCUT2D eigenvalue weighted by Crippen LogP contribution is 2.24. The fourth-order valence-electron chi connectivity index (χ4n) is 3.09. The molecule has 0 bridgehead atoms. The Morgan fingerprint density at radius 3 is 2.58 bits per heavy atom. The average molecular weight is 365 g/mol. The molecule has 0 fully saturated rings. The van der Waals surface area contributed by atoms with Crippen LogP contribution in [0.3, 0.4) is 0 Å². The molecule has 3 nitrogen and oxygen atoms in total. The molecular formula is C19H28N2OS2. The van der Waals surface area contributed by atoms with Gasteiger partial charge < -0.3 is 10.2 Å². The summed E-state index contributed by atoms with van der Waals surface area (Å²) >= 11 is 6.82. The van der Waals surface area contributed by atoms with E-state index in [1.807, 2.05) is 0 Å². The number of benzene rings is 1. The van der Waals surface area contributed by atoms with Crippen LogP contribution in [0.25, 0.3) is 0 Å². The second-order valence-electron chi connectivity index (χ2n) is 6.25. The summed E-state index contributed by atoms with van der Waals surface area (Å²) in [5, 5.41) is 3.10. The maximum absolute atomic E-state index is 12.2. The summed E-state index contributed by atoms with van der Waals surface area (Å²) in [6.45, 7) is 7.98. The second kappa shape index (κ2) is 9.42. The molecule has 0 radical (unpaired) electrons. The molecule has 1 aliphatic carbocycles. The van der Waals surface area contributed by atoms with Crippen LogP contribution < -0.4 is 5.32 Å². The second-order valence-corrected chi connectivity index (χ2v) is 7.86. The van der Waals surface area contributed by atoms with Gasteiger partial charge >= 0.3 is 0 Å². The number of carbonyl (C=O) groups is 1. The Labute approximate surface area is 155 Å². The summed E-state index contributed by atoms with van der Waals surface area (Å²) in [5.41, 5.74) is 4.13. The lowest BCUT2D eigenvalue weighted by molar-refractivity contribution is -0.119. The number of rotatable bonds is 6. The van der Waals surface area contributed by atoms with Crippen molar-refractivity contribution < 1.29 is 4.79 Å². The average Bonchev–Trinajstić information content (AvgIpc) is 2.60. The molecule has 0 heterocycles. The van der Waals surface area contributed by atoms with Crippen LogP contribution in [0.1, 0.15) is 56.3 Å². The maximum Gasteiger partial charge on any atom is 0.230 e. The lowest BCUT2D eigenvalue weighted by atomic mass is 9.89. The van der Waals surface area contributed by atoms with Crippen molar-refractivity contribution in [2.24, 2.45) is 0 Å². The Morgan fingerprint density at radius 1 is 1.25 bits per heavy atom. The summed E-state index contributed by atoms with van der Waals surface area (Å²) in [6.07, 6.45) is 4.92. The summed E-state index contributed by atoms with van der Waals surface area (Å²) < 4.78 is 0.802. The third-order valence-corrected chi connectivity index (χ3v) is 6.12. The molecule has 2 rings (SSSR count). The molecule has 24 heavy (non-hydrogen) atoms. The maximum atomic E-state index is 12.2. The van der Waals surface area contributed by atoms with Gasteiger partial charge in [0.25, 0.3) is 0 Å². The largest absolute Gasteiger partial charge is 0.358 e. The van der Waals surface area contributed by atoms with Crippen LogP contribution in [0, 0.1) is 0 Å². The van der Waals surface area contributed by atoms with Crippen molar-refractivity contribution in [3.63, 3.8) is 0 Å². The molecule has 5 heteroatoms. The van der Waals surface area contributed by atoms with E-state index in [1.165, 1.54) is 47.7 Å². The quantitative estimate of drug-likeness (QED) is 0.770. The first-order valence-electron chi connectivity index (χ1n) is 8.87. The molecule has 0 saturated heterocycles. The van der Waals surface area contributed by atoms with E-state index in [9.17, 15) is 4.79 Å². The molecule has 0 aromatic heterocycles. The first-order valence-corrected chi connectivity index (χ1v) is 10.3. The summed E-state index contributed by atoms with van der Waals surface area (Å²) in [6, 6.07) is 6.69. The molecule has 0 aliphatic heterocycles. The van der Waals surface area contributed by atoms with E-state index in [0.29, 0.717) is 5.75 Å². The van der Waals surface area contributed by atoms with E-state index in [4.69, 9.17) is 12.2 Å². The lowest BCUT2D eigenvalue weighted by Gasteiger charge is -2.22. The van der Waals surface area contributed by atoms with Gasteiger partial charge in [-0.2, -0.15) is 0 Å². The highest BCUT2D eigenvalue weighted by molar-refractivity contribution is 8.23. The first-order chi connectivity index (χ1) is 11.5. The molecule has 0 saturated carbocycles. The van der Waals surface area contributed by atoms with Crippen LogP contribution in [0.4, 0.5) is 0 Å². The smallest absolute Gasteiger partial charge is 0.230 e. The summed E-state index contributed by atoms with van der Waals surface area (Å²) in [4.78, 5) is 14.3. The molecule has 1 N–H and O–H groups in total. The number of hydrogen-bond acceptors (Lipinski definition) is 3. The zero-order chi connectivity index (χ0) is 17.5. The van der Waals surface area contributed by atoms with Gasteiger partial charge in [-0.25, -0.2) is 0 Å². The fourth-order valence-corrected chi connectivity index (χ4v) is 4.30. The molecule has 1 amide bonds. The number of hydrogen-bond donors (Lipinski definition) is 1. The van der Waals surface area contributed by atoms with Gasteiger partial charge in [0.05, 0.1) is 11.8 Å². The number of aryl methyl sites for hydroxylation is 2. The van der Waals surface area contributed by atoms with Gasteiger partial charge in [-0.1, -0.05) is 42.2 Å². The van der Waals surface area contributed by atoms with Gasteiger partial charge in [0.2, 0.25) is 5.91 Å². The minimum atomic E-state index is 0.0346. The Morgan fingerprint density at radius 2 is 1.92 bits per heavy atom. The predicted octanol–water partition coefficient (Wildman–Crippen LogP) is 4.10. The van der Waals surface area contributed by atoms with E-state index < -0.39 is 0 Å². The fraction of sp³-hybridized carbons (Fsp3) is 0.579. The zero-order valence-corrected chi connectivity index (χ0v) is 16.6. The molecule has 1 aromatic carbocycles. The number of thioether (sulfide) groups is 1. The van der Waals surface area contributed by atoms with Gasteiger partial charge in [0, 0.05) is 13.1 Å². The van der Waals surface area contributed by atoms with Gasteiger partial charge in [-0.3, -0.25) is 4.79 Å². The minimum absolute atomic E-state index is 0.0346. The number of nitrogens with zero attached hydrogens (tertiary/aromatic N) is 1. The highest BCUT2D eigenvalue weighted by atomic mass is 32.2. The third kappa shape index (κ3) is 5.21. The van der Waals surface area contributed by atoms with E-state index in [0.717, 1.165) is 23.8 Å². The Kier molecular flexibility index (Phi) is 7.56. The van der Waals surface area contributed by atoms with Crippen LogP contribution in [0.5, 0.6) is 0 Å². The monoisotopic (exact) mass is 364 g/mol. The third-order valence-electron chi connectivity index (χ3n) is 4.60. The molecule has 0 unspecified atom stereocenters. The molecule has 1 aliphatic rings. The predicted molar refractivity (Wildman–Crippen MR) is 108 cm³/mol. The number of amides is 1. The van der Waals surface area contributed by atoms with Crippen LogP contribution >= 0.6 is 24.0 Å². The number of thiocarbonyl (C=S) groups is 1. The van der Waals surface area contributed by atoms with Gasteiger partial charge in [-0.15, -0.1) is 0 Å². The standard InChI is InChI=1S/C19H28N2OS2/c1-4-21(5-2)19(23)24-13-18(22)20-14(3)16-11-10-15-8-6-7-9-17(15)12-16/h10-12,14H,4-9,13H2,1-3H3,(H,20,22)/t14-/m0/s1. The van der Waals surface area contributed by atoms with Crippen molar-refractivity contribution in [1.82, 2.24) is 10.2 Å². The number of carbonyl (C=O) groups excluding carboxylic acids is 1. The van der Waals surface area contributed by atoms with E-state index >= 15 is 0 Å². The van der Waals surface area contributed by atoms with Crippen molar-refractivity contribution >= 4 is 34.2 Å². The van der Waals surface area contributed by atoms with Gasteiger partial charge in [-0.05, 0) is 63.1 Å². The first kappa shape index (κ1) is 19.3. The Bertz CT molecular complexity index is 585. The van der Waals surface area contributed by atoms with Gasteiger partial charge in [0.15, 0.2) is 0 Å². The van der Waals surface area contributed by atoms with Crippen molar-refractivity contribution in [2.75, 3.05) is 18.8 Å². The van der Waals surface area contributed by atoms with E-state index in [1.54, 1.807) is 0 Å². The van der Waals surface area contributed by atoms with Gasteiger partial charge in [0.1, 0.15) is 4.32 Å². The van der Waals surface area contributed by atoms with Crippen LogP contribution in [0.2, 0.25) is 0 Å². The van der Waals surface area contributed by atoms with Crippen LogP contribution in [-0.2, 0) is 17.6 Å². The molecule has 1 aromatic rings. The highest BCUT2D eigenvalue weighted by Gasteiger charge is 2.15. The molecule has 0 spiro atoms. The SMILES string of the molecule is CCN(CC)C(=S)SCC(=O)N[C@@H](C)c1ccc2c(c1)CCCC2. The van der Waals surface area contributed by atoms with Crippen LogP contribution in [0.15, 0.2) is 18.2 Å². The Balaban J connectivity index is 1.86. The lowest BCUT2D eigenvalue weighted by Crippen LogP contribution is -2.31. The molecule has 132 valence electrons. The number of nitrogens with one attached hydrogen (secondary N) is 1. The summed E-state index contributed by atoms with van der Waals surface area (Å²) in [5.74, 6) is 0.421. The Hall–Kier alpha value is -1.07. The van der Waals surface area contributed by atoms with Crippen LogP contribution in [-0.4, -0.2) is 34.0 Å². The van der Waals surface area contributed by atoms with Crippen molar-refractivity contribution in [3.05, 3.63) is 34.9 Å². The topological polar surface area (TPSA) is 32.3 Å². The van der Waals surface area contributed by atoms with Crippen molar-refractivity contribution in [2.45, 2.75) is 52.5 Å². The van der Waals surface area contributed by atoms with Crippen molar-refractivity contribution in [1.29, 1.82) is 0 Å². The molecular weight excluding hydrogens is 336 g/mol.